The number of hydrogen-bond donors (Lipinski definition) is 1. The van der Waals surface area contributed by atoms with Crippen LogP contribution in [-0.4, -0.2) is 7.05 Å². The van der Waals surface area contributed by atoms with Gasteiger partial charge in [-0.1, -0.05) is 17.7 Å². The van der Waals surface area contributed by atoms with E-state index in [0.717, 1.165) is 34.9 Å². The van der Waals surface area contributed by atoms with Crippen molar-refractivity contribution in [2.45, 2.75) is 33.9 Å². The molecule has 19 heavy (non-hydrogen) atoms. The maximum atomic E-state index is 5.87. The molecule has 0 bridgehead atoms. The Balaban J connectivity index is 2.05. The summed E-state index contributed by atoms with van der Waals surface area (Å²) in [5.74, 6) is 2.80. The first-order valence-electron chi connectivity index (χ1n) is 6.53. The number of aryl methyl sites for hydroxylation is 3. The second-order valence-corrected chi connectivity index (χ2v) is 4.88. The van der Waals surface area contributed by atoms with Crippen molar-refractivity contribution in [3.8, 4) is 5.75 Å². The van der Waals surface area contributed by atoms with Gasteiger partial charge in [0, 0.05) is 5.56 Å². The van der Waals surface area contributed by atoms with Crippen LogP contribution in [-0.2, 0) is 13.2 Å². The van der Waals surface area contributed by atoms with Crippen molar-refractivity contribution in [2.75, 3.05) is 7.05 Å². The van der Waals surface area contributed by atoms with Crippen molar-refractivity contribution in [3.63, 3.8) is 0 Å². The summed E-state index contributed by atoms with van der Waals surface area (Å²) in [6.45, 7) is 7.41. The summed E-state index contributed by atoms with van der Waals surface area (Å²) in [6.07, 6.45) is 0. The predicted molar refractivity (Wildman–Crippen MR) is 76.5 cm³/mol. The van der Waals surface area contributed by atoms with E-state index in [0.29, 0.717) is 6.61 Å². The van der Waals surface area contributed by atoms with Crippen LogP contribution in [0.1, 0.15) is 28.2 Å². The highest BCUT2D eigenvalue weighted by Gasteiger charge is 2.08. The van der Waals surface area contributed by atoms with Crippen LogP contribution in [0.3, 0.4) is 0 Å². The Morgan fingerprint density at radius 3 is 2.63 bits per heavy atom. The average molecular weight is 259 g/mol. The zero-order chi connectivity index (χ0) is 13.8. The molecule has 0 amide bonds. The lowest BCUT2D eigenvalue weighted by Crippen LogP contribution is -2.03. The fourth-order valence-corrected chi connectivity index (χ4v) is 2.11. The minimum atomic E-state index is 0.545. The average Bonchev–Trinajstić information content (AvgIpc) is 2.69. The molecule has 0 fully saturated rings. The Bertz CT molecular complexity index is 558. The van der Waals surface area contributed by atoms with Crippen LogP contribution >= 0.6 is 0 Å². The molecular formula is C16H21NO2. The lowest BCUT2D eigenvalue weighted by atomic mass is 10.1. The molecular weight excluding hydrogens is 238 g/mol. The van der Waals surface area contributed by atoms with E-state index < -0.39 is 0 Å². The number of hydrogen-bond acceptors (Lipinski definition) is 3. The molecule has 0 saturated heterocycles. The zero-order valence-electron chi connectivity index (χ0n) is 12.0. The van der Waals surface area contributed by atoms with Gasteiger partial charge in [-0.2, -0.15) is 0 Å². The summed E-state index contributed by atoms with van der Waals surface area (Å²) in [7, 11) is 1.91. The fourth-order valence-electron chi connectivity index (χ4n) is 2.11. The van der Waals surface area contributed by atoms with Gasteiger partial charge in [0.1, 0.15) is 23.9 Å². The molecule has 0 saturated carbocycles. The van der Waals surface area contributed by atoms with Gasteiger partial charge < -0.3 is 14.5 Å². The minimum absolute atomic E-state index is 0.545. The highest BCUT2D eigenvalue weighted by atomic mass is 16.5. The lowest BCUT2D eigenvalue weighted by molar-refractivity contribution is 0.301. The van der Waals surface area contributed by atoms with Crippen LogP contribution < -0.4 is 10.1 Å². The van der Waals surface area contributed by atoms with Crippen LogP contribution in [0.4, 0.5) is 0 Å². The second kappa shape index (κ2) is 5.93. The molecule has 0 aliphatic carbocycles. The van der Waals surface area contributed by atoms with Crippen LogP contribution in [0.15, 0.2) is 28.7 Å². The van der Waals surface area contributed by atoms with Crippen LogP contribution in [0.25, 0.3) is 0 Å². The van der Waals surface area contributed by atoms with Crippen LogP contribution in [0, 0.1) is 20.8 Å². The van der Waals surface area contributed by atoms with E-state index in [4.69, 9.17) is 9.15 Å². The van der Waals surface area contributed by atoms with Gasteiger partial charge in [-0.25, -0.2) is 0 Å². The summed E-state index contributed by atoms with van der Waals surface area (Å²) in [6, 6.07) is 8.27. The first-order valence-corrected chi connectivity index (χ1v) is 6.53. The molecule has 0 aliphatic rings. The maximum Gasteiger partial charge on any atom is 0.122 e. The predicted octanol–water partition coefficient (Wildman–Crippen LogP) is 3.50. The third-order valence-corrected chi connectivity index (χ3v) is 3.14. The maximum absolute atomic E-state index is 5.87. The molecule has 3 heteroatoms. The molecule has 102 valence electrons. The van der Waals surface area contributed by atoms with Crippen molar-refractivity contribution in [1.82, 2.24) is 5.32 Å². The molecule has 0 atom stereocenters. The third-order valence-electron chi connectivity index (χ3n) is 3.14. The Kier molecular flexibility index (Phi) is 4.27. The van der Waals surface area contributed by atoms with Crippen molar-refractivity contribution < 1.29 is 9.15 Å². The summed E-state index contributed by atoms with van der Waals surface area (Å²) < 4.78 is 11.5. The van der Waals surface area contributed by atoms with Gasteiger partial charge >= 0.3 is 0 Å². The number of ether oxygens (including phenoxy) is 1. The lowest BCUT2D eigenvalue weighted by Gasteiger charge is -2.09. The monoisotopic (exact) mass is 259 g/mol. The molecule has 0 spiro atoms. The molecule has 2 rings (SSSR count). The van der Waals surface area contributed by atoms with Gasteiger partial charge in [0.2, 0.25) is 0 Å². The Hall–Kier alpha value is -1.74. The number of rotatable bonds is 5. The molecule has 1 N–H and O–H groups in total. The molecule has 1 heterocycles. The van der Waals surface area contributed by atoms with E-state index in [1.54, 1.807) is 0 Å². The van der Waals surface area contributed by atoms with Gasteiger partial charge in [0.05, 0.1) is 6.54 Å². The van der Waals surface area contributed by atoms with Crippen molar-refractivity contribution in [2.24, 2.45) is 0 Å². The highest BCUT2D eigenvalue weighted by Crippen LogP contribution is 2.22. The van der Waals surface area contributed by atoms with Crippen molar-refractivity contribution >= 4 is 0 Å². The van der Waals surface area contributed by atoms with Gasteiger partial charge in [-0.3, -0.25) is 0 Å². The van der Waals surface area contributed by atoms with Gasteiger partial charge in [0.25, 0.3) is 0 Å². The van der Waals surface area contributed by atoms with Crippen LogP contribution in [0.2, 0.25) is 0 Å². The topological polar surface area (TPSA) is 34.4 Å². The smallest absolute Gasteiger partial charge is 0.122 e. The SMILES string of the molecule is CNCc1cc(COc2ccc(C)cc2C)c(C)o1. The molecule has 2 aromatic rings. The molecule has 0 unspecified atom stereocenters. The Morgan fingerprint density at radius 1 is 1.16 bits per heavy atom. The zero-order valence-corrected chi connectivity index (χ0v) is 12.0. The quantitative estimate of drug-likeness (QED) is 0.892. The fraction of sp³-hybridized carbons (Fsp3) is 0.375. The van der Waals surface area contributed by atoms with Gasteiger partial charge in [-0.15, -0.1) is 0 Å². The number of furan rings is 1. The molecule has 3 nitrogen and oxygen atoms in total. The molecule has 1 aromatic carbocycles. The van der Waals surface area contributed by atoms with Gasteiger partial charge in [-0.05, 0) is 45.5 Å². The Labute approximate surface area is 114 Å². The summed E-state index contributed by atoms with van der Waals surface area (Å²) in [5.41, 5.74) is 3.52. The highest BCUT2D eigenvalue weighted by molar-refractivity contribution is 5.36. The van der Waals surface area contributed by atoms with Crippen molar-refractivity contribution in [1.29, 1.82) is 0 Å². The summed E-state index contributed by atoms with van der Waals surface area (Å²) in [4.78, 5) is 0. The normalized spacial score (nSPS) is 10.7. The summed E-state index contributed by atoms with van der Waals surface area (Å²) >= 11 is 0. The van der Waals surface area contributed by atoms with E-state index in [-0.39, 0.29) is 0 Å². The van der Waals surface area contributed by atoms with Crippen LogP contribution in [0.5, 0.6) is 5.75 Å². The first kappa shape index (κ1) is 13.7. The second-order valence-electron chi connectivity index (χ2n) is 4.88. The molecule has 0 radical (unpaired) electrons. The van der Waals surface area contributed by atoms with E-state index in [1.807, 2.05) is 20.0 Å². The first-order chi connectivity index (χ1) is 9.10. The third kappa shape index (κ3) is 3.38. The van der Waals surface area contributed by atoms with E-state index in [2.05, 4.69) is 37.4 Å². The summed E-state index contributed by atoms with van der Waals surface area (Å²) in [5, 5.41) is 3.08. The van der Waals surface area contributed by atoms with E-state index in [9.17, 15) is 0 Å². The largest absolute Gasteiger partial charge is 0.489 e. The molecule has 0 aliphatic heterocycles. The number of benzene rings is 1. The van der Waals surface area contributed by atoms with E-state index >= 15 is 0 Å². The standard InChI is InChI=1S/C16H21NO2/c1-11-5-6-16(12(2)7-11)18-10-14-8-15(9-17-4)19-13(14)3/h5-8,17H,9-10H2,1-4H3. The Morgan fingerprint density at radius 2 is 1.95 bits per heavy atom. The molecule has 1 aromatic heterocycles. The van der Waals surface area contributed by atoms with Crippen molar-refractivity contribution in [3.05, 3.63) is 52.5 Å². The van der Waals surface area contributed by atoms with E-state index in [1.165, 1.54) is 5.56 Å². The van der Waals surface area contributed by atoms with Gasteiger partial charge in [0.15, 0.2) is 0 Å². The number of nitrogens with one attached hydrogen (secondary N) is 1. The minimum Gasteiger partial charge on any atom is -0.489 e.